The summed E-state index contributed by atoms with van der Waals surface area (Å²) < 4.78 is 23.1. The van der Waals surface area contributed by atoms with Gasteiger partial charge in [0.05, 0.1) is 10.8 Å². The lowest BCUT2D eigenvalue weighted by Gasteiger charge is -2.18. The first kappa shape index (κ1) is 18.7. The number of carbonyl (C=O) groups excluding carboxylic acids is 1. The summed E-state index contributed by atoms with van der Waals surface area (Å²) in [5, 5.41) is 5.70. The zero-order valence-corrected chi connectivity index (χ0v) is 14.1. The van der Waals surface area contributed by atoms with Gasteiger partial charge in [-0.2, -0.15) is 0 Å². The first-order valence-corrected chi connectivity index (χ1v) is 8.22. The van der Waals surface area contributed by atoms with E-state index >= 15 is 0 Å². The fourth-order valence-electron chi connectivity index (χ4n) is 1.88. The molecule has 0 aromatic heterocycles. The number of fused-ring (bicyclic) bond motifs is 1. The van der Waals surface area contributed by atoms with Gasteiger partial charge in [-0.15, -0.1) is 12.4 Å². The molecule has 0 fully saturated rings. The summed E-state index contributed by atoms with van der Waals surface area (Å²) in [7, 11) is 0.601. The van der Waals surface area contributed by atoms with E-state index in [1.165, 1.54) is 0 Å². The van der Waals surface area contributed by atoms with Crippen LogP contribution in [0.5, 0.6) is 11.5 Å². The molecule has 0 spiro atoms. The maximum absolute atomic E-state index is 12.2. The first-order chi connectivity index (χ1) is 10.2. The van der Waals surface area contributed by atoms with Crippen molar-refractivity contribution in [1.82, 2.24) is 10.6 Å². The minimum absolute atomic E-state index is 0. The van der Waals surface area contributed by atoms with Crippen LogP contribution < -0.4 is 20.1 Å². The molecule has 1 aliphatic rings. The summed E-state index contributed by atoms with van der Waals surface area (Å²) in [4.78, 5) is 12.2. The molecule has 0 saturated carbocycles. The van der Waals surface area contributed by atoms with Crippen molar-refractivity contribution >= 4 is 29.1 Å². The lowest BCUT2D eigenvalue weighted by Crippen LogP contribution is -2.31. The lowest BCUT2D eigenvalue weighted by molar-refractivity contribution is -0.120. The number of hydrogen-bond donors (Lipinski definition) is 2. The van der Waals surface area contributed by atoms with Crippen molar-refractivity contribution in [2.45, 2.75) is 11.3 Å². The molecule has 1 atom stereocenters. The van der Waals surface area contributed by atoms with E-state index in [0.717, 1.165) is 6.54 Å². The normalized spacial score (nSPS) is 13.9. The highest BCUT2D eigenvalue weighted by atomic mass is 35.5. The Morgan fingerprint density at radius 3 is 2.68 bits per heavy atom. The van der Waals surface area contributed by atoms with Gasteiger partial charge in [0, 0.05) is 36.2 Å². The Bertz CT molecular complexity index is 528. The molecule has 0 aliphatic carbocycles. The van der Waals surface area contributed by atoms with Gasteiger partial charge < -0.3 is 20.1 Å². The van der Waals surface area contributed by atoms with Crippen molar-refractivity contribution in [3.05, 3.63) is 18.2 Å². The molecule has 124 valence electrons. The van der Waals surface area contributed by atoms with Gasteiger partial charge in [-0.05, 0) is 19.2 Å². The fraction of sp³-hybridized carbons (Fsp3) is 0.500. The Hall–Kier alpha value is -1.31. The Morgan fingerprint density at radius 2 is 1.95 bits per heavy atom. The molecule has 1 amide bonds. The van der Waals surface area contributed by atoms with Gasteiger partial charge in [0.15, 0.2) is 11.5 Å². The van der Waals surface area contributed by atoms with E-state index in [1.54, 1.807) is 18.2 Å². The van der Waals surface area contributed by atoms with Gasteiger partial charge >= 0.3 is 0 Å². The zero-order valence-electron chi connectivity index (χ0n) is 12.4. The highest BCUT2D eigenvalue weighted by molar-refractivity contribution is 7.85. The number of carbonyl (C=O) groups is 1. The fourth-order valence-corrected chi connectivity index (χ4v) is 2.95. The van der Waals surface area contributed by atoms with Gasteiger partial charge in [-0.3, -0.25) is 9.00 Å². The number of amides is 1. The molecule has 1 aromatic rings. The lowest BCUT2D eigenvalue weighted by atomic mass is 10.3. The van der Waals surface area contributed by atoms with E-state index in [0.29, 0.717) is 41.9 Å². The molecule has 2 N–H and O–H groups in total. The summed E-state index contributed by atoms with van der Waals surface area (Å²) >= 11 is 0. The Kier molecular flexibility index (Phi) is 8.22. The number of hydrogen-bond acceptors (Lipinski definition) is 5. The summed E-state index contributed by atoms with van der Waals surface area (Å²) in [6, 6.07) is 5.24. The molecular formula is C14H21ClN2O4S. The maximum atomic E-state index is 12.2. The van der Waals surface area contributed by atoms with Crippen LogP contribution in [0.1, 0.15) is 6.42 Å². The van der Waals surface area contributed by atoms with Crippen molar-refractivity contribution in [2.24, 2.45) is 0 Å². The number of rotatable bonds is 7. The minimum atomic E-state index is -1.22. The molecule has 1 unspecified atom stereocenters. The second-order valence-corrected chi connectivity index (χ2v) is 6.13. The van der Waals surface area contributed by atoms with Crippen molar-refractivity contribution in [3.63, 3.8) is 0 Å². The van der Waals surface area contributed by atoms with E-state index in [-0.39, 0.29) is 24.7 Å². The van der Waals surface area contributed by atoms with Crippen LogP contribution in [0.4, 0.5) is 0 Å². The second kappa shape index (κ2) is 9.66. The molecule has 0 bridgehead atoms. The van der Waals surface area contributed by atoms with E-state index < -0.39 is 10.8 Å². The number of benzene rings is 1. The van der Waals surface area contributed by atoms with Crippen molar-refractivity contribution in [1.29, 1.82) is 0 Å². The zero-order chi connectivity index (χ0) is 15.1. The molecule has 0 saturated heterocycles. The maximum Gasteiger partial charge on any atom is 0.220 e. The number of halogens is 1. The van der Waals surface area contributed by atoms with Crippen LogP contribution in [0.3, 0.4) is 0 Å². The van der Waals surface area contributed by atoms with Gasteiger partial charge in [-0.25, -0.2) is 0 Å². The van der Waals surface area contributed by atoms with Crippen LogP contribution in [0.15, 0.2) is 23.1 Å². The molecule has 1 aromatic carbocycles. The number of nitrogens with one attached hydrogen (secondary N) is 2. The largest absolute Gasteiger partial charge is 0.486 e. The van der Waals surface area contributed by atoms with Crippen LogP contribution in [-0.4, -0.2) is 49.2 Å². The standard InChI is InChI=1S/C14H20N2O4S.ClH/c1-15-5-6-16-14(17)4-9-21(18)11-2-3-12-13(10-11)20-8-7-19-12;/h2-3,10,15H,4-9H2,1H3,(H,16,17);1H. The van der Waals surface area contributed by atoms with Gasteiger partial charge in [0.25, 0.3) is 0 Å². The molecule has 8 heteroatoms. The van der Waals surface area contributed by atoms with Crippen molar-refractivity contribution < 1.29 is 18.5 Å². The molecule has 22 heavy (non-hydrogen) atoms. The van der Waals surface area contributed by atoms with Crippen molar-refractivity contribution in [3.8, 4) is 11.5 Å². The quantitative estimate of drug-likeness (QED) is 0.710. The first-order valence-electron chi connectivity index (χ1n) is 6.90. The third-order valence-electron chi connectivity index (χ3n) is 2.99. The smallest absolute Gasteiger partial charge is 0.220 e. The Labute approximate surface area is 138 Å². The van der Waals surface area contributed by atoms with E-state index in [9.17, 15) is 9.00 Å². The summed E-state index contributed by atoms with van der Waals surface area (Å²) in [6.45, 7) is 2.32. The molecule has 0 radical (unpaired) electrons. The Balaban J connectivity index is 0.00000242. The van der Waals surface area contributed by atoms with Crippen LogP contribution >= 0.6 is 12.4 Å². The van der Waals surface area contributed by atoms with E-state index in [2.05, 4.69) is 10.6 Å². The SMILES string of the molecule is CNCCNC(=O)CCS(=O)c1ccc2c(c1)OCCO2.Cl. The summed E-state index contributed by atoms with van der Waals surface area (Å²) in [5.41, 5.74) is 0. The van der Waals surface area contributed by atoms with Crippen molar-refractivity contribution in [2.75, 3.05) is 39.1 Å². The summed E-state index contributed by atoms with van der Waals surface area (Å²) in [5.74, 6) is 1.50. The van der Waals surface area contributed by atoms with Gasteiger partial charge in [-0.1, -0.05) is 0 Å². The van der Waals surface area contributed by atoms with Crippen LogP contribution in [-0.2, 0) is 15.6 Å². The van der Waals surface area contributed by atoms with E-state index in [1.807, 2.05) is 7.05 Å². The second-order valence-electron chi connectivity index (χ2n) is 4.56. The number of likely N-dealkylation sites (N-methyl/N-ethyl adjacent to an activating group) is 1. The minimum Gasteiger partial charge on any atom is -0.486 e. The Morgan fingerprint density at radius 1 is 1.23 bits per heavy atom. The average Bonchev–Trinajstić information content (AvgIpc) is 2.52. The van der Waals surface area contributed by atoms with Crippen LogP contribution in [0.2, 0.25) is 0 Å². The van der Waals surface area contributed by atoms with Gasteiger partial charge in [0.1, 0.15) is 13.2 Å². The van der Waals surface area contributed by atoms with E-state index in [4.69, 9.17) is 9.47 Å². The third kappa shape index (κ3) is 5.47. The highest BCUT2D eigenvalue weighted by Gasteiger charge is 2.14. The molecule has 1 aliphatic heterocycles. The monoisotopic (exact) mass is 348 g/mol. The topological polar surface area (TPSA) is 76.7 Å². The molecule has 2 rings (SSSR count). The number of ether oxygens (including phenoxy) is 2. The predicted molar refractivity (Wildman–Crippen MR) is 87.5 cm³/mol. The molecule has 1 heterocycles. The van der Waals surface area contributed by atoms with Gasteiger partial charge in [0.2, 0.25) is 5.91 Å². The summed E-state index contributed by atoms with van der Waals surface area (Å²) in [6.07, 6.45) is 0.241. The van der Waals surface area contributed by atoms with Crippen LogP contribution in [0, 0.1) is 0 Å². The third-order valence-corrected chi connectivity index (χ3v) is 4.34. The molecular weight excluding hydrogens is 328 g/mol. The predicted octanol–water partition coefficient (Wildman–Crippen LogP) is 0.713. The highest BCUT2D eigenvalue weighted by Crippen LogP contribution is 2.31. The van der Waals surface area contributed by atoms with Crippen LogP contribution in [0.25, 0.3) is 0 Å². The average molecular weight is 349 g/mol. The molecule has 6 nitrogen and oxygen atoms in total.